The quantitative estimate of drug-likeness (QED) is 0.242. The van der Waals surface area contributed by atoms with Gasteiger partial charge in [-0.3, -0.25) is 19.2 Å². The highest BCUT2D eigenvalue weighted by Crippen LogP contribution is 2.59. The van der Waals surface area contributed by atoms with E-state index >= 15 is 0 Å². The number of benzene rings is 4. The molecule has 0 bridgehead atoms. The van der Waals surface area contributed by atoms with Crippen LogP contribution in [0.5, 0.6) is 0 Å². The molecule has 4 heterocycles. The van der Waals surface area contributed by atoms with Crippen LogP contribution in [0.1, 0.15) is 23.2 Å². The lowest BCUT2D eigenvalue weighted by molar-refractivity contribution is -0.136. The third-order valence-electron chi connectivity index (χ3n) is 9.32. The molecule has 12 heteroatoms. The first kappa shape index (κ1) is 28.3. The predicted molar refractivity (Wildman–Crippen MR) is 154 cm³/mol. The van der Waals surface area contributed by atoms with Crippen molar-refractivity contribution in [2.24, 2.45) is 11.8 Å². The molecular formula is C34H22F4N4O4. The lowest BCUT2D eigenvalue weighted by atomic mass is 9.84. The van der Waals surface area contributed by atoms with Crippen LogP contribution < -0.4 is 9.80 Å². The predicted octanol–water partition coefficient (Wildman–Crippen LogP) is 4.69. The highest BCUT2D eigenvalue weighted by Gasteiger charge is 2.73. The molecular weight excluding hydrogens is 604 g/mol. The molecule has 4 fully saturated rings. The molecule has 0 N–H and O–H groups in total. The first-order valence-corrected chi connectivity index (χ1v) is 14.5. The second-order valence-electron chi connectivity index (χ2n) is 11.7. The minimum absolute atomic E-state index is 0.141. The van der Waals surface area contributed by atoms with Gasteiger partial charge >= 0.3 is 0 Å². The van der Waals surface area contributed by atoms with E-state index in [0.717, 1.165) is 34.1 Å². The van der Waals surface area contributed by atoms with Crippen molar-refractivity contribution in [1.82, 2.24) is 10.0 Å². The molecule has 0 aliphatic carbocycles. The summed E-state index contributed by atoms with van der Waals surface area (Å²) in [6.07, 6.45) is 0. The van der Waals surface area contributed by atoms with Gasteiger partial charge in [0.15, 0.2) is 0 Å². The van der Waals surface area contributed by atoms with E-state index in [-0.39, 0.29) is 11.4 Å². The Kier molecular flexibility index (Phi) is 6.25. The summed E-state index contributed by atoms with van der Waals surface area (Å²) in [6, 6.07) is 15.9. The van der Waals surface area contributed by atoms with Crippen LogP contribution >= 0.6 is 0 Å². The number of anilines is 2. The molecule has 4 amide bonds. The van der Waals surface area contributed by atoms with Crippen molar-refractivity contribution < 1.29 is 36.7 Å². The third-order valence-corrected chi connectivity index (χ3v) is 9.32. The zero-order valence-corrected chi connectivity index (χ0v) is 23.6. The van der Waals surface area contributed by atoms with Crippen LogP contribution in [0.2, 0.25) is 0 Å². The fraction of sp³-hybridized carbons (Fsp3) is 0.176. The van der Waals surface area contributed by atoms with Crippen molar-refractivity contribution in [3.8, 4) is 0 Å². The van der Waals surface area contributed by atoms with Crippen LogP contribution in [-0.2, 0) is 19.2 Å². The van der Waals surface area contributed by atoms with E-state index in [1.807, 2.05) is 0 Å². The van der Waals surface area contributed by atoms with Gasteiger partial charge < -0.3 is 0 Å². The SMILES string of the molecule is O=C1[C@@H]2[C@@H](C(=O)N1c1ccc(F)cc1)N1[C@@H](c3ccc(F)cc3)[C@H]3C(=O)N(c4ccc(F)cc4)C(=O)[C@@H]3N1[C@@H]2c1ccc(F)cc1. The van der Waals surface area contributed by atoms with Gasteiger partial charge in [0.1, 0.15) is 35.4 Å². The molecule has 8 rings (SSSR count). The van der Waals surface area contributed by atoms with Crippen LogP contribution in [0.25, 0.3) is 0 Å². The first-order valence-electron chi connectivity index (χ1n) is 14.5. The maximum Gasteiger partial charge on any atom is 0.253 e. The van der Waals surface area contributed by atoms with E-state index in [2.05, 4.69) is 0 Å². The maximum absolute atomic E-state index is 14.3. The zero-order chi connectivity index (χ0) is 32.0. The van der Waals surface area contributed by atoms with E-state index in [4.69, 9.17) is 0 Å². The number of nitrogens with zero attached hydrogens (tertiary/aromatic N) is 4. The standard InChI is InChI=1S/C34H22F4N4O4/c35-19-5-1-17(2-6-19)27-25-29(33(45)39(31(25)43)23-13-9-21(37)10-14-23)42-28(18-3-7-20(36)8-4-18)26-30(41(27)42)34(46)40(32(26)44)24-15-11-22(38)12-16-24/h1-16,25-30H/t25-,26+,27+,28-,29-,30+. The highest BCUT2D eigenvalue weighted by molar-refractivity contribution is 6.26. The van der Waals surface area contributed by atoms with Gasteiger partial charge in [0.2, 0.25) is 11.8 Å². The monoisotopic (exact) mass is 626 g/mol. The molecule has 0 spiro atoms. The van der Waals surface area contributed by atoms with E-state index in [1.165, 1.54) is 72.8 Å². The fourth-order valence-corrected chi connectivity index (χ4v) is 7.51. The van der Waals surface area contributed by atoms with Crippen LogP contribution in [0, 0.1) is 35.1 Å². The maximum atomic E-state index is 14.3. The van der Waals surface area contributed by atoms with Crippen molar-refractivity contribution in [2.45, 2.75) is 24.2 Å². The Morgan fingerprint density at radius 1 is 0.370 bits per heavy atom. The number of hydrazine groups is 1. The van der Waals surface area contributed by atoms with Crippen molar-refractivity contribution >= 4 is 35.0 Å². The zero-order valence-electron chi connectivity index (χ0n) is 23.6. The van der Waals surface area contributed by atoms with E-state index in [1.54, 1.807) is 10.0 Å². The molecule has 4 aliphatic heterocycles. The Labute approximate surface area is 259 Å². The van der Waals surface area contributed by atoms with Crippen LogP contribution in [0.3, 0.4) is 0 Å². The molecule has 6 atom stereocenters. The number of carbonyl (C=O) groups excluding carboxylic acids is 4. The average Bonchev–Trinajstić information content (AvgIpc) is 3.71. The third kappa shape index (κ3) is 3.93. The summed E-state index contributed by atoms with van der Waals surface area (Å²) in [7, 11) is 0. The fourth-order valence-electron chi connectivity index (χ4n) is 7.51. The van der Waals surface area contributed by atoms with Crippen molar-refractivity contribution in [1.29, 1.82) is 0 Å². The average molecular weight is 627 g/mol. The number of rotatable bonds is 4. The number of halogens is 4. The Balaban J connectivity index is 1.32. The number of imide groups is 2. The van der Waals surface area contributed by atoms with Crippen molar-refractivity contribution in [3.63, 3.8) is 0 Å². The van der Waals surface area contributed by atoms with Gasteiger partial charge in [-0.05, 0) is 83.9 Å². The molecule has 4 aromatic rings. The summed E-state index contributed by atoms with van der Waals surface area (Å²) in [5.74, 6) is -7.00. The molecule has 230 valence electrons. The molecule has 0 unspecified atom stereocenters. The number of fused-ring (bicyclic) bond motifs is 5. The van der Waals surface area contributed by atoms with Gasteiger partial charge in [-0.15, -0.1) is 0 Å². The van der Waals surface area contributed by atoms with E-state index in [0.29, 0.717) is 11.1 Å². The molecule has 8 nitrogen and oxygen atoms in total. The second kappa shape index (κ2) is 10.2. The van der Waals surface area contributed by atoms with Gasteiger partial charge in [-0.2, -0.15) is 0 Å². The van der Waals surface area contributed by atoms with Crippen molar-refractivity contribution in [3.05, 3.63) is 131 Å². The lowest BCUT2D eigenvalue weighted by Crippen LogP contribution is -2.50. The minimum atomic E-state index is -1.21. The largest absolute Gasteiger partial charge is 0.274 e. The Hall–Kier alpha value is -5.20. The second-order valence-corrected chi connectivity index (χ2v) is 11.7. The Morgan fingerprint density at radius 2 is 0.652 bits per heavy atom. The number of carbonyl (C=O) groups is 4. The van der Waals surface area contributed by atoms with Gasteiger partial charge in [-0.25, -0.2) is 37.4 Å². The molecule has 0 aromatic heterocycles. The summed E-state index contributed by atoms with van der Waals surface area (Å²) in [4.78, 5) is 59.0. The molecule has 46 heavy (non-hydrogen) atoms. The van der Waals surface area contributed by atoms with E-state index < -0.39 is 82.9 Å². The summed E-state index contributed by atoms with van der Waals surface area (Å²) in [5, 5.41) is 3.14. The Morgan fingerprint density at radius 3 is 0.957 bits per heavy atom. The minimum Gasteiger partial charge on any atom is -0.274 e. The Bertz CT molecular complexity index is 1780. The number of hydrogen-bond donors (Lipinski definition) is 0. The van der Waals surface area contributed by atoms with Crippen LogP contribution in [0.4, 0.5) is 28.9 Å². The van der Waals surface area contributed by atoms with E-state index in [9.17, 15) is 36.7 Å². The summed E-state index contributed by atoms with van der Waals surface area (Å²) >= 11 is 0. The molecule has 0 radical (unpaired) electrons. The lowest BCUT2D eigenvalue weighted by Gasteiger charge is -2.35. The highest BCUT2D eigenvalue weighted by atomic mass is 19.1. The summed E-state index contributed by atoms with van der Waals surface area (Å²) in [6.45, 7) is 0. The van der Waals surface area contributed by atoms with Gasteiger partial charge in [-0.1, -0.05) is 24.3 Å². The van der Waals surface area contributed by atoms with Gasteiger partial charge in [0.05, 0.1) is 35.3 Å². The van der Waals surface area contributed by atoms with Crippen LogP contribution in [0.15, 0.2) is 97.1 Å². The topological polar surface area (TPSA) is 81.2 Å². The molecule has 4 aliphatic rings. The number of hydrogen-bond acceptors (Lipinski definition) is 6. The normalized spacial score (nSPS) is 27.5. The van der Waals surface area contributed by atoms with Crippen LogP contribution in [-0.4, -0.2) is 45.7 Å². The molecule has 4 saturated heterocycles. The summed E-state index contributed by atoms with van der Waals surface area (Å²) in [5.41, 5.74) is 1.12. The smallest absolute Gasteiger partial charge is 0.253 e. The summed E-state index contributed by atoms with van der Waals surface area (Å²) < 4.78 is 55.8. The first-order chi connectivity index (χ1) is 22.2. The molecule has 4 aromatic carbocycles. The van der Waals surface area contributed by atoms with Crippen molar-refractivity contribution in [2.75, 3.05) is 9.80 Å². The van der Waals surface area contributed by atoms with Gasteiger partial charge in [0, 0.05) is 0 Å². The van der Waals surface area contributed by atoms with Gasteiger partial charge in [0.25, 0.3) is 11.8 Å². The molecule has 0 saturated carbocycles. The number of amides is 4.